The second-order valence-corrected chi connectivity index (χ2v) is 10.2. The molecule has 1 saturated heterocycles. The fourth-order valence-corrected chi connectivity index (χ4v) is 4.93. The molecule has 35 heavy (non-hydrogen) atoms. The predicted octanol–water partition coefficient (Wildman–Crippen LogP) is 4.36. The van der Waals surface area contributed by atoms with Crippen LogP contribution in [-0.2, 0) is 16.6 Å². The third kappa shape index (κ3) is 4.56. The average molecular weight is 479 g/mol. The maximum atomic E-state index is 13.1. The topological polar surface area (TPSA) is 101 Å². The molecule has 184 valence electrons. The summed E-state index contributed by atoms with van der Waals surface area (Å²) >= 11 is 0. The van der Waals surface area contributed by atoms with Crippen LogP contribution in [0.5, 0.6) is 0 Å². The first-order valence-electron chi connectivity index (χ1n) is 12.1. The molecular weight excluding hydrogens is 447 g/mol. The molecule has 0 unspecified atom stereocenters. The minimum atomic E-state index is -0.585. The highest BCUT2D eigenvalue weighted by Crippen LogP contribution is 2.43. The first-order valence-corrected chi connectivity index (χ1v) is 12.1. The van der Waals surface area contributed by atoms with Crippen molar-refractivity contribution in [2.75, 3.05) is 22.1 Å². The van der Waals surface area contributed by atoms with Gasteiger partial charge in [0, 0.05) is 30.4 Å². The van der Waals surface area contributed by atoms with Gasteiger partial charge in [-0.15, -0.1) is 0 Å². The van der Waals surface area contributed by atoms with Crippen molar-refractivity contribution in [3.05, 3.63) is 47.8 Å². The summed E-state index contributed by atoms with van der Waals surface area (Å²) in [5.41, 5.74) is 2.52. The summed E-state index contributed by atoms with van der Waals surface area (Å²) < 4.78 is 15.1. The van der Waals surface area contributed by atoms with Crippen LogP contribution in [0.25, 0.3) is 0 Å². The molecule has 1 fully saturated rings. The lowest BCUT2D eigenvalue weighted by atomic mass is 9.87. The number of nitrogens with zero attached hydrogens (tertiary/aromatic N) is 6. The number of carbonyl (C=O) groups is 1. The van der Waals surface area contributed by atoms with Crippen LogP contribution >= 0.6 is 0 Å². The van der Waals surface area contributed by atoms with Crippen molar-refractivity contribution in [1.29, 1.82) is 0 Å². The van der Waals surface area contributed by atoms with E-state index in [1.165, 1.54) is 18.3 Å². The minimum absolute atomic E-state index is 0.0613. The van der Waals surface area contributed by atoms with Crippen molar-refractivity contribution in [2.24, 2.45) is 0 Å². The molecule has 0 bridgehead atoms. The van der Waals surface area contributed by atoms with Crippen LogP contribution in [0.1, 0.15) is 64.3 Å². The Hall–Kier alpha value is -3.56. The molecular formula is C25H31FN8O. The number of aryl methyl sites for hydroxylation is 1. The van der Waals surface area contributed by atoms with Gasteiger partial charge in [0.15, 0.2) is 5.82 Å². The lowest BCUT2D eigenvalue weighted by Crippen LogP contribution is -2.41. The van der Waals surface area contributed by atoms with Gasteiger partial charge in [-0.25, -0.2) is 9.97 Å². The number of hydrogen-bond acceptors (Lipinski definition) is 7. The average Bonchev–Trinajstić information content (AvgIpc) is 3.54. The molecule has 0 saturated carbocycles. The molecule has 3 aromatic rings. The van der Waals surface area contributed by atoms with Crippen molar-refractivity contribution in [3.8, 4) is 0 Å². The summed E-state index contributed by atoms with van der Waals surface area (Å²) in [5.74, 6) is 1.26. The molecule has 1 aliphatic heterocycles. The summed E-state index contributed by atoms with van der Waals surface area (Å²) in [6, 6.07) is 4.52. The first kappa shape index (κ1) is 23.2. The minimum Gasteiger partial charge on any atom is -0.329 e. The van der Waals surface area contributed by atoms with E-state index in [9.17, 15) is 9.18 Å². The van der Waals surface area contributed by atoms with Gasteiger partial charge in [0.05, 0.1) is 17.6 Å². The highest BCUT2D eigenvalue weighted by molar-refractivity contribution is 5.97. The molecule has 1 atom stereocenters. The summed E-state index contributed by atoms with van der Waals surface area (Å²) in [5, 5.41) is 10.9. The second kappa shape index (κ2) is 8.90. The number of carbonyl (C=O) groups excluding carboxylic acids is 1. The summed E-state index contributed by atoms with van der Waals surface area (Å²) in [7, 11) is 0. The molecule has 3 aromatic heterocycles. The van der Waals surface area contributed by atoms with Crippen molar-refractivity contribution >= 4 is 29.2 Å². The summed E-state index contributed by atoms with van der Waals surface area (Å²) in [6.07, 6.45) is 6.65. The van der Waals surface area contributed by atoms with E-state index in [4.69, 9.17) is 9.97 Å². The van der Waals surface area contributed by atoms with Crippen molar-refractivity contribution in [1.82, 2.24) is 24.7 Å². The Morgan fingerprint density at radius 3 is 2.77 bits per heavy atom. The van der Waals surface area contributed by atoms with Crippen molar-refractivity contribution < 1.29 is 9.18 Å². The lowest BCUT2D eigenvalue weighted by Gasteiger charge is -2.27. The van der Waals surface area contributed by atoms with E-state index in [0.29, 0.717) is 24.6 Å². The van der Waals surface area contributed by atoms with E-state index in [1.807, 2.05) is 21.8 Å². The monoisotopic (exact) mass is 478 g/mol. The van der Waals surface area contributed by atoms with E-state index < -0.39 is 12.0 Å². The molecule has 9 nitrogen and oxygen atoms in total. The largest absolute Gasteiger partial charge is 0.329 e. The third-order valence-corrected chi connectivity index (χ3v) is 6.83. The Morgan fingerprint density at radius 2 is 2.06 bits per heavy atom. The Labute approximate surface area is 204 Å². The fourth-order valence-electron chi connectivity index (χ4n) is 4.93. The van der Waals surface area contributed by atoms with Crippen LogP contribution in [0.3, 0.4) is 0 Å². The van der Waals surface area contributed by atoms with Crippen LogP contribution in [0.4, 0.5) is 27.7 Å². The van der Waals surface area contributed by atoms with E-state index in [1.54, 1.807) is 0 Å². The number of nitrogens with one attached hydrogen (secondary N) is 2. The van der Waals surface area contributed by atoms with Gasteiger partial charge in [-0.3, -0.25) is 9.48 Å². The van der Waals surface area contributed by atoms with Crippen molar-refractivity contribution in [3.63, 3.8) is 0 Å². The number of hydrogen-bond donors (Lipinski definition) is 2. The number of anilines is 4. The maximum Gasteiger partial charge on any atom is 0.247 e. The first-order chi connectivity index (χ1) is 16.7. The molecule has 0 aromatic carbocycles. The standard InChI is InChI=1S/C25H31FN8O/c1-15(2)34-13-10-20(32-34)30-22-21-17(9-11-25(21,3)4)29-24(31-22)33-12-5-6-18(33)23(35)28-16-7-8-19(26)27-14-16/h7-8,10,13-15,18H,5-6,9,11-12H2,1-4H3,(H,28,35)(H,29,30,31,32)/t18-/m0/s1. The molecule has 1 amide bonds. The Kier molecular flexibility index (Phi) is 5.90. The van der Waals surface area contributed by atoms with E-state index in [-0.39, 0.29) is 17.4 Å². The number of rotatable bonds is 6. The van der Waals surface area contributed by atoms with Gasteiger partial charge in [-0.2, -0.15) is 14.5 Å². The zero-order valence-corrected chi connectivity index (χ0v) is 20.5. The van der Waals surface area contributed by atoms with E-state index >= 15 is 0 Å². The summed E-state index contributed by atoms with van der Waals surface area (Å²) in [6.45, 7) is 9.27. The van der Waals surface area contributed by atoms with Crippen LogP contribution in [0, 0.1) is 5.95 Å². The van der Waals surface area contributed by atoms with E-state index in [0.717, 1.165) is 42.2 Å². The van der Waals surface area contributed by atoms with Gasteiger partial charge >= 0.3 is 0 Å². The number of halogens is 1. The van der Waals surface area contributed by atoms with Gasteiger partial charge in [0.25, 0.3) is 0 Å². The quantitative estimate of drug-likeness (QED) is 0.508. The molecule has 4 heterocycles. The van der Waals surface area contributed by atoms with Crippen LogP contribution < -0.4 is 15.5 Å². The molecule has 10 heteroatoms. The molecule has 0 spiro atoms. The Bertz CT molecular complexity index is 1240. The highest BCUT2D eigenvalue weighted by Gasteiger charge is 2.38. The van der Waals surface area contributed by atoms with Crippen LogP contribution in [-0.4, -0.2) is 43.2 Å². The van der Waals surface area contributed by atoms with Crippen molar-refractivity contribution in [2.45, 2.75) is 70.9 Å². The zero-order valence-electron chi connectivity index (χ0n) is 20.5. The molecule has 2 aliphatic rings. The van der Waals surface area contributed by atoms with E-state index in [2.05, 4.69) is 48.4 Å². The second-order valence-electron chi connectivity index (χ2n) is 10.2. The zero-order chi connectivity index (χ0) is 24.7. The Balaban J connectivity index is 1.45. The van der Waals surface area contributed by atoms with Gasteiger partial charge in [-0.05, 0) is 57.1 Å². The lowest BCUT2D eigenvalue weighted by molar-refractivity contribution is -0.117. The summed E-state index contributed by atoms with van der Waals surface area (Å²) in [4.78, 5) is 28.6. The SMILES string of the molecule is CC(C)n1ccc(Nc2nc(N3CCC[C@H]3C(=O)Nc3ccc(F)nc3)nc3c2C(C)(C)CC3)n1. The third-order valence-electron chi connectivity index (χ3n) is 6.83. The number of aromatic nitrogens is 5. The highest BCUT2D eigenvalue weighted by atomic mass is 19.1. The number of fused-ring (bicyclic) bond motifs is 1. The van der Waals surface area contributed by atoms with Gasteiger partial charge in [-0.1, -0.05) is 13.8 Å². The maximum absolute atomic E-state index is 13.1. The molecule has 1 aliphatic carbocycles. The van der Waals surface area contributed by atoms with Crippen LogP contribution in [0.15, 0.2) is 30.6 Å². The smallest absolute Gasteiger partial charge is 0.247 e. The molecule has 5 rings (SSSR count). The van der Waals surface area contributed by atoms with Gasteiger partial charge < -0.3 is 15.5 Å². The fraction of sp³-hybridized carbons (Fsp3) is 0.480. The molecule has 0 radical (unpaired) electrons. The van der Waals surface area contributed by atoms with Gasteiger partial charge in [0.2, 0.25) is 17.8 Å². The predicted molar refractivity (Wildman–Crippen MR) is 132 cm³/mol. The Morgan fingerprint density at radius 1 is 1.23 bits per heavy atom. The van der Waals surface area contributed by atoms with Crippen LogP contribution in [0.2, 0.25) is 0 Å². The molecule has 2 N–H and O–H groups in total. The number of amides is 1. The number of pyridine rings is 1. The van der Waals surface area contributed by atoms with Gasteiger partial charge in [0.1, 0.15) is 11.9 Å². The normalized spacial score (nSPS) is 18.7.